The molecule has 0 radical (unpaired) electrons. The van der Waals surface area contributed by atoms with Crippen molar-refractivity contribution in [1.82, 2.24) is 39.1 Å². The van der Waals surface area contributed by atoms with Gasteiger partial charge in [-0.25, -0.2) is 23.3 Å². The summed E-state index contributed by atoms with van der Waals surface area (Å²) in [6, 6.07) is 9.79. The third-order valence-corrected chi connectivity index (χ3v) is 8.03. The Morgan fingerprint density at radius 1 is 1.02 bits per heavy atom. The number of carbonyl (C=O) groups excluding carboxylic acids is 1. The van der Waals surface area contributed by atoms with Gasteiger partial charge < -0.3 is 10.2 Å². The molecule has 0 saturated heterocycles. The van der Waals surface area contributed by atoms with E-state index in [4.69, 9.17) is 11.6 Å². The molecule has 1 N–H and O–H groups in total. The molecule has 45 heavy (non-hydrogen) atoms. The average molecular weight is 629 g/mol. The van der Waals surface area contributed by atoms with E-state index in [0.717, 1.165) is 35.5 Å². The van der Waals surface area contributed by atoms with Crippen LogP contribution < -0.4 is 15.8 Å². The second-order valence-corrected chi connectivity index (χ2v) is 11.0. The molecule has 0 aliphatic heterocycles. The molecular weight excluding hydrogens is 606 g/mol. The maximum atomic E-state index is 15.8. The maximum absolute atomic E-state index is 15.8. The van der Waals surface area contributed by atoms with Crippen molar-refractivity contribution in [2.75, 3.05) is 10.2 Å². The molecule has 5 aromatic heterocycles. The van der Waals surface area contributed by atoms with E-state index in [2.05, 4.69) is 30.6 Å². The van der Waals surface area contributed by atoms with Crippen LogP contribution in [0.5, 0.6) is 0 Å². The Balaban J connectivity index is 1.20. The fourth-order valence-electron chi connectivity index (χ4n) is 5.45. The first-order valence-electron chi connectivity index (χ1n) is 13.8. The van der Waals surface area contributed by atoms with E-state index < -0.39 is 23.1 Å². The number of hydrogen-bond acceptors (Lipinski definition) is 8. The summed E-state index contributed by atoms with van der Waals surface area (Å²) < 4.78 is 33.3. The summed E-state index contributed by atoms with van der Waals surface area (Å²) in [5.74, 6) is -1.50. The highest BCUT2D eigenvalue weighted by Gasteiger charge is 2.39. The van der Waals surface area contributed by atoms with Gasteiger partial charge >= 0.3 is 0 Å². The minimum Gasteiger partial charge on any atom is -0.320 e. The van der Waals surface area contributed by atoms with Crippen LogP contribution in [0.2, 0.25) is 5.02 Å². The van der Waals surface area contributed by atoms with Crippen molar-refractivity contribution >= 4 is 40.2 Å². The van der Waals surface area contributed by atoms with Crippen molar-refractivity contribution in [3.63, 3.8) is 0 Å². The molecular formula is C30H23ClF2N10O2. The van der Waals surface area contributed by atoms with Crippen LogP contribution in [0.15, 0.2) is 84.4 Å². The second kappa shape index (κ2) is 11.2. The summed E-state index contributed by atoms with van der Waals surface area (Å²) in [7, 11) is 1.87. The second-order valence-electron chi connectivity index (χ2n) is 10.6. The van der Waals surface area contributed by atoms with Gasteiger partial charge in [-0.15, -0.1) is 0 Å². The van der Waals surface area contributed by atoms with Gasteiger partial charge in [-0.3, -0.25) is 14.3 Å². The summed E-state index contributed by atoms with van der Waals surface area (Å²) in [4.78, 5) is 36.5. The Hall–Kier alpha value is -5.50. The van der Waals surface area contributed by atoms with Crippen LogP contribution in [0.4, 0.5) is 26.0 Å². The highest BCUT2D eigenvalue weighted by molar-refractivity contribution is 6.34. The number of nitrogens with zero attached hydrogens (tertiary/aromatic N) is 9. The van der Waals surface area contributed by atoms with E-state index in [1.165, 1.54) is 30.5 Å². The van der Waals surface area contributed by atoms with Crippen molar-refractivity contribution in [3.05, 3.63) is 118 Å². The molecule has 0 spiro atoms. The lowest BCUT2D eigenvalue weighted by molar-refractivity contribution is 0.102. The Morgan fingerprint density at radius 3 is 2.60 bits per heavy atom. The van der Waals surface area contributed by atoms with Crippen molar-refractivity contribution in [2.24, 2.45) is 7.05 Å². The topological polar surface area (TPSA) is 128 Å². The van der Waals surface area contributed by atoms with Crippen LogP contribution >= 0.6 is 11.6 Å². The first kappa shape index (κ1) is 28.3. The van der Waals surface area contributed by atoms with Crippen LogP contribution in [-0.2, 0) is 7.05 Å². The van der Waals surface area contributed by atoms with Gasteiger partial charge in [-0.2, -0.15) is 20.0 Å². The number of nitrogens with one attached hydrogen (secondary N) is 1. The lowest BCUT2D eigenvalue weighted by Gasteiger charge is -2.43. The minimum atomic E-state index is -0.888. The van der Waals surface area contributed by atoms with Gasteiger partial charge in [0.15, 0.2) is 11.6 Å². The predicted octanol–water partition coefficient (Wildman–Crippen LogP) is 4.67. The molecule has 1 amide bonds. The summed E-state index contributed by atoms with van der Waals surface area (Å²) >= 11 is 6.79. The van der Waals surface area contributed by atoms with E-state index in [-0.39, 0.29) is 34.1 Å². The van der Waals surface area contributed by atoms with Crippen molar-refractivity contribution in [1.29, 1.82) is 0 Å². The summed E-state index contributed by atoms with van der Waals surface area (Å²) in [6.45, 7) is 0. The molecule has 0 bridgehead atoms. The van der Waals surface area contributed by atoms with E-state index >= 15 is 4.39 Å². The molecule has 12 nitrogen and oxygen atoms in total. The smallest absolute Gasteiger partial charge is 0.285 e. The lowest BCUT2D eigenvalue weighted by atomic mass is 9.77. The normalized spacial score (nSPS) is 16.0. The molecule has 1 saturated carbocycles. The number of hydrogen-bond donors (Lipinski definition) is 1. The van der Waals surface area contributed by atoms with Crippen LogP contribution in [0.3, 0.4) is 0 Å². The predicted molar refractivity (Wildman–Crippen MR) is 161 cm³/mol. The minimum absolute atomic E-state index is 0.0119. The number of amides is 1. The first-order valence-corrected chi connectivity index (χ1v) is 14.2. The summed E-state index contributed by atoms with van der Waals surface area (Å²) in [5, 5.41) is 15.3. The number of aryl methyl sites for hydroxylation is 1. The van der Waals surface area contributed by atoms with Gasteiger partial charge in [0, 0.05) is 49.9 Å². The fraction of sp³-hybridized carbons (Fsp3) is 0.167. The van der Waals surface area contributed by atoms with Crippen LogP contribution in [0, 0.1) is 11.6 Å². The van der Waals surface area contributed by atoms with Gasteiger partial charge in [-0.1, -0.05) is 11.6 Å². The van der Waals surface area contributed by atoms with E-state index in [1.807, 2.05) is 30.3 Å². The zero-order valence-corrected chi connectivity index (χ0v) is 24.3. The molecule has 7 rings (SSSR count). The molecule has 1 aliphatic rings. The van der Waals surface area contributed by atoms with Crippen LogP contribution in [-0.4, -0.2) is 51.1 Å². The molecule has 1 aliphatic carbocycles. The number of fused-ring (bicyclic) bond motifs is 1. The van der Waals surface area contributed by atoms with Crippen molar-refractivity contribution in [2.45, 2.75) is 24.8 Å². The molecule has 1 fully saturated rings. The third kappa shape index (κ3) is 5.18. The molecule has 6 aromatic rings. The summed E-state index contributed by atoms with van der Waals surface area (Å²) in [6.07, 6.45) is 10.5. The zero-order chi connectivity index (χ0) is 31.2. The number of carbonyl (C=O) groups is 1. The Kier molecular flexibility index (Phi) is 7.04. The van der Waals surface area contributed by atoms with Gasteiger partial charge in [0.2, 0.25) is 0 Å². The van der Waals surface area contributed by atoms with Crippen molar-refractivity contribution < 1.29 is 13.6 Å². The molecule has 5 heterocycles. The largest absolute Gasteiger partial charge is 0.320 e. The highest BCUT2D eigenvalue weighted by atomic mass is 35.5. The maximum Gasteiger partial charge on any atom is 0.285 e. The number of pyridine rings is 1. The van der Waals surface area contributed by atoms with Crippen LogP contribution in [0.25, 0.3) is 11.3 Å². The molecule has 226 valence electrons. The summed E-state index contributed by atoms with van der Waals surface area (Å²) in [5.41, 5.74) is 0.654. The standard InChI is InChI=1S/C30H23ClF2N10O2/c1-40-10-6-23(39-40)17-12-19(13-17)42(28-25-5-8-36-41(25)11-9-34-28)26-15-22(33)24(14-21(26)31)38-29(44)20-4-7-37-43(30(20)45)27-3-2-18(32)16-35-27/h2-11,14-17,19H,12-13H2,1H3,(H,38,44). The van der Waals surface area contributed by atoms with Gasteiger partial charge in [0.1, 0.15) is 22.7 Å². The van der Waals surface area contributed by atoms with Gasteiger partial charge in [0.05, 0.1) is 34.5 Å². The SMILES string of the molecule is Cn1ccc(C2CC(N(c3cc(F)c(NC(=O)c4ccnn(-c5ccc(F)cn5)c4=O)cc3Cl)c3nccn4nccc34)C2)n1. The monoisotopic (exact) mass is 628 g/mol. The Morgan fingerprint density at radius 2 is 1.84 bits per heavy atom. The quantitative estimate of drug-likeness (QED) is 0.270. The Bertz CT molecular complexity index is 2120. The molecule has 1 aromatic carbocycles. The van der Waals surface area contributed by atoms with E-state index in [9.17, 15) is 14.0 Å². The number of aromatic nitrogens is 8. The van der Waals surface area contributed by atoms with Gasteiger partial charge in [-0.05, 0) is 49.2 Å². The fourth-order valence-corrected chi connectivity index (χ4v) is 5.71. The first-order chi connectivity index (χ1) is 21.8. The number of anilines is 3. The lowest BCUT2D eigenvalue weighted by Crippen LogP contribution is -2.42. The van der Waals surface area contributed by atoms with Crippen LogP contribution in [0.1, 0.15) is 34.8 Å². The third-order valence-electron chi connectivity index (χ3n) is 7.73. The van der Waals surface area contributed by atoms with Gasteiger partial charge in [0.25, 0.3) is 11.5 Å². The Labute approximate surface area is 258 Å². The number of benzene rings is 1. The number of halogens is 3. The molecule has 15 heteroatoms. The van der Waals surface area contributed by atoms with Crippen molar-refractivity contribution in [3.8, 4) is 5.82 Å². The zero-order valence-electron chi connectivity index (χ0n) is 23.5. The van der Waals surface area contributed by atoms with E-state index in [1.54, 1.807) is 27.8 Å². The van der Waals surface area contributed by atoms with E-state index in [0.29, 0.717) is 17.0 Å². The highest BCUT2D eigenvalue weighted by Crippen LogP contribution is 2.46. The average Bonchev–Trinajstić information content (AvgIpc) is 3.66. The molecule has 0 atom stereocenters. The number of rotatable bonds is 7. The molecule has 0 unspecified atom stereocenters.